The Morgan fingerprint density at radius 3 is 1.29 bits per heavy atom. The van der Waals surface area contributed by atoms with Crippen molar-refractivity contribution < 1.29 is 0 Å². The predicted octanol–water partition coefficient (Wildman–Crippen LogP) is 4.46. The Morgan fingerprint density at radius 1 is 0.647 bits per heavy atom. The fourth-order valence-corrected chi connectivity index (χ4v) is 17.1. The molecule has 0 aromatic carbocycles. The molecule has 0 aliphatic rings. The Morgan fingerprint density at radius 2 is 1.00 bits per heavy atom. The summed E-state index contributed by atoms with van der Waals surface area (Å²) in [5, 5.41) is 0. The lowest BCUT2D eigenvalue weighted by molar-refractivity contribution is 0.760. The van der Waals surface area contributed by atoms with Crippen molar-refractivity contribution in [3.8, 4) is 0 Å². The van der Waals surface area contributed by atoms with Gasteiger partial charge in [-0.1, -0.05) is 82.0 Å². The van der Waals surface area contributed by atoms with Gasteiger partial charge in [-0.15, -0.1) is 0 Å². The van der Waals surface area contributed by atoms with Crippen molar-refractivity contribution >= 4 is 35.2 Å². The van der Waals surface area contributed by atoms with Gasteiger partial charge in [-0.3, -0.25) is 0 Å². The first kappa shape index (κ1) is 17.9. The lowest BCUT2D eigenvalue weighted by atomic mass is 10.3. The van der Waals surface area contributed by atoms with E-state index in [2.05, 4.69) is 39.3 Å². The van der Waals surface area contributed by atoms with Gasteiger partial charge in [0.2, 0.25) is 0 Å². The van der Waals surface area contributed by atoms with Crippen LogP contribution in [0.15, 0.2) is 0 Å². The standard InChI is InChI=1S/C13H34Si4/c1-14(2)12-16(5)10-8-7-9-11-17(6)13-15(3)4/h14-15H,7-13H2,1-6H3. The van der Waals surface area contributed by atoms with Crippen LogP contribution < -0.4 is 0 Å². The fraction of sp³-hybridized carbons (Fsp3) is 1.00. The molecule has 0 amide bonds. The molecular formula is C13H34Si4. The summed E-state index contributed by atoms with van der Waals surface area (Å²) >= 11 is 0. The van der Waals surface area contributed by atoms with Gasteiger partial charge < -0.3 is 0 Å². The second-order valence-electron chi connectivity index (χ2n) is 6.67. The van der Waals surface area contributed by atoms with Crippen LogP contribution in [-0.4, -0.2) is 35.2 Å². The maximum absolute atomic E-state index is 2.57. The first-order chi connectivity index (χ1) is 7.91. The normalized spacial score (nSPS) is 12.4. The summed E-state index contributed by atoms with van der Waals surface area (Å²) in [5.41, 5.74) is 3.32. The second kappa shape index (κ2) is 10.8. The molecule has 0 aliphatic heterocycles. The minimum absolute atomic E-state index is 0.0686. The average molecular weight is 303 g/mol. The summed E-state index contributed by atoms with van der Waals surface area (Å²) in [6, 6.07) is 3.20. The number of hydrogen-bond acceptors (Lipinski definition) is 0. The van der Waals surface area contributed by atoms with Crippen molar-refractivity contribution in [1.82, 2.24) is 0 Å². The average Bonchev–Trinajstić information content (AvgIpc) is 2.14. The van der Waals surface area contributed by atoms with Gasteiger partial charge in [-0.05, 0) is 0 Å². The van der Waals surface area contributed by atoms with E-state index in [0.29, 0.717) is 0 Å². The fourth-order valence-electron chi connectivity index (χ4n) is 2.63. The summed E-state index contributed by atoms with van der Waals surface area (Å²) < 4.78 is 0. The summed E-state index contributed by atoms with van der Waals surface area (Å²) in [7, 11) is -0.393. The first-order valence-corrected chi connectivity index (χ1v) is 18.6. The Bertz CT molecular complexity index is 153. The highest BCUT2D eigenvalue weighted by Gasteiger charge is 2.09. The largest absolute Gasteiger partial charge is 0.0724 e. The van der Waals surface area contributed by atoms with Gasteiger partial charge >= 0.3 is 0 Å². The lowest BCUT2D eigenvalue weighted by Gasteiger charge is -2.13. The van der Waals surface area contributed by atoms with Crippen LogP contribution in [0.3, 0.4) is 0 Å². The van der Waals surface area contributed by atoms with E-state index in [-0.39, 0.29) is 35.2 Å². The van der Waals surface area contributed by atoms with Gasteiger partial charge in [0.1, 0.15) is 0 Å². The van der Waals surface area contributed by atoms with Gasteiger partial charge in [0.15, 0.2) is 0 Å². The number of rotatable bonds is 10. The molecule has 0 bridgehead atoms. The smallest absolute Gasteiger partial charge is 0.0415 e. The summed E-state index contributed by atoms with van der Waals surface area (Å²) in [5.74, 6) is 0. The molecule has 2 radical (unpaired) electrons. The molecule has 0 aromatic rings. The van der Waals surface area contributed by atoms with Crippen molar-refractivity contribution in [2.75, 3.05) is 0 Å². The van der Waals surface area contributed by atoms with Crippen LogP contribution in [0, 0.1) is 0 Å². The van der Waals surface area contributed by atoms with Crippen LogP contribution >= 0.6 is 0 Å². The minimum atomic E-state index is -0.265. The molecule has 0 nitrogen and oxygen atoms in total. The molecular weight excluding hydrogens is 268 g/mol. The van der Waals surface area contributed by atoms with Crippen LogP contribution in [0.5, 0.6) is 0 Å². The molecule has 0 saturated carbocycles. The zero-order valence-electron chi connectivity index (χ0n) is 13.1. The van der Waals surface area contributed by atoms with Gasteiger partial charge in [-0.25, -0.2) is 0 Å². The number of hydrogen-bond donors (Lipinski definition) is 0. The summed E-state index contributed by atoms with van der Waals surface area (Å²) in [4.78, 5) is 0. The number of unbranched alkanes of at least 4 members (excludes halogenated alkanes) is 2. The van der Waals surface area contributed by atoms with Crippen molar-refractivity contribution in [2.24, 2.45) is 0 Å². The van der Waals surface area contributed by atoms with Crippen molar-refractivity contribution in [3.63, 3.8) is 0 Å². The van der Waals surface area contributed by atoms with E-state index in [4.69, 9.17) is 0 Å². The van der Waals surface area contributed by atoms with Gasteiger partial charge in [0, 0.05) is 35.2 Å². The predicted molar refractivity (Wildman–Crippen MR) is 94.1 cm³/mol. The Labute approximate surface area is 117 Å². The molecule has 0 atom stereocenters. The Balaban J connectivity index is 3.34. The Hall–Kier alpha value is 0.868. The zero-order valence-corrected chi connectivity index (χ0v) is 17.4. The molecule has 0 fully saturated rings. The van der Waals surface area contributed by atoms with Gasteiger partial charge in [0.25, 0.3) is 0 Å². The summed E-state index contributed by atoms with van der Waals surface area (Å²) in [6.45, 7) is 15.2. The third-order valence-electron chi connectivity index (χ3n) is 3.22. The summed E-state index contributed by atoms with van der Waals surface area (Å²) in [6.07, 6.45) is 4.61. The minimum Gasteiger partial charge on any atom is -0.0724 e. The topological polar surface area (TPSA) is 0 Å². The zero-order chi connectivity index (χ0) is 13.3. The van der Waals surface area contributed by atoms with Gasteiger partial charge in [-0.2, -0.15) is 0 Å². The molecule has 0 heterocycles. The van der Waals surface area contributed by atoms with E-state index < -0.39 is 0 Å². The van der Waals surface area contributed by atoms with Crippen LogP contribution in [0.4, 0.5) is 0 Å². The van der Waals surface area contributed by atoms with E-state index in [1.54, 1.807) is 36.3 Å². The van der Waals surface area contributed by atoms with Crippen LogP contribution in [0.25, 0.3) is 0 Å². The molecule has 4 heteroatoms. The first-order valence-electron chi connectivity index (χ1n) is 7.54. The second-order valence-corrected chi connectivity index (χ2v) is 20.3. The monoisotopic (exact) mass is 302 g/mol. The van der Waals surface area contributed by atoms with E-state index >= 15 is 0 Å². The highest BCUT2D eigenvalue weighted by Crippen LogP contribution is 2.13. The molecule has 17 heavy (non-hydrogen) atoms. The quantitative estimate of drug-likeness (QED) is 0.413. The van der Waals surface area contributed by atoms with Crippen molar-refractivity contribution in [1.29, 1.82) is 0 Å². The Kier molecular flexibility index (Phi) is 11.3. The van der Waals surface area contributed by atoms with Gasteiger partial charge in [0.05, 0.1) is 0 Å². The molecule has 0 unspecified atom stereocenters. The maximum atomic E-state index is 2.57. The van der Waals surface area contributed by atoms with E-state index in [0.717, 1.165) is 0 Å². The molecule has 0 N–H and O–H groups in total. The lowest BCUT2D eigenvalue weighted by Crippen LogP contribution is -2.16. The highest BCUT2D eigenvalue weighted by atomic mass is 28.3. The third-order valence-corrected chi connectivity index (χ3v) is 17.7. The molecule has 0 aromatic heterocycles. The van der Waals surface area contributed by atoms with Crippen molar-refractivity contribution in [3.05, 3.63) is 0 Å². The van der Waals surface area contributed by atoms with E-state index in [1.165, 1.54) is 6.42 Å². The molecule has 0 spiro atoms. The third kappa shape index (κ3) is 13.1. The molecule has 102 valence electrons. The van der Waals surface area contributed by atoms with Crippen molar-refractivity contribution in [2.45, 2.75) is 82.0 Å². The van der Waals surface area contributed by atoms with Crippen LogP contribution in [0.1, 0.15) is 19.3 Å². The van der Waals surface area contributed by atoms with Crippen LogP contribution in [0.2, 0.25) is 62.7 Å². The molecule has 0 rings (SSSR count). The highest BCUT2D eigenvalue weighted by molar-refractivity contribution is 6.76. The molecule has 0 saturated heterocycles. The SMILES string of the molecule is C[Si](CCCCC[Si](C)C[SiH](C)C)C[SiH](C)C. The maximum Gasteiger partial charge on any atom is 0.0415 e. The van der Waals surface area contributed by atoms with Crippen LogP contribution in [-0.2, 0) is 0 Å². The van der Waals surface area contributed by atoms with E-state index in [1.807, 2.05) is 0 Å². The van der Waals surface area contributed by atoms with E-state index in [9.17, 15) is 0 Å². The molecule has 0 aliphatic carbocycles.